The highest BCUT2D eigenvalue weighted by molar-refractivity contribution is 5.43. The average Bonchev–Trinajstić information content (AvgIpc) is 3.31. The van der Waals surface area contributed by atoms with Gasteiger partial charge in [0, 0.05) is 6.04 Å². The van der Waals surface area contributed by atoms with Gasteiger partial charge in [0.1, 0.15) is 0 Å². The maximum atomic E-state index is 5.86. The molecule has 1 aliphatic heterocycles. The molecule has 1 aromatic rings. The van der Waals surface area contributed by atoms with E-state index in [2.05, 4.69) is 23.5 Å². The Labute approximate surface area is 121 Å². The van der Waals surface area contributed by atoms with Crippen molar-refractivity contribution in [2.24, 2.45) is 5.92 Å². The monoisotopic (exact) mass is 275 g/mol. The summed E-state index contributed by atoms with van der Waals surface area (Å²) in [5.74, 6) is 2.53. The molecule has 2 aliphatic rings. The molecule has 0 aromatic heterocycles. The van der Waals surface area contributed by atoms with Crippen LogP contribution in [0.1, 0.15) is 37.7 Å². The molecule has 3 rings (SSSR count). The molecule has 0 radical (unpaired) electrons. The molecule has 1 heterocycles. The first kappa shape index (κ1) is 13.7. The van der Waals surface area contributed by atoms with E-state index in [1.54, 1.807) is 7.11 Å². The van der Waals surface area contributed by atoms with Crippen LogP contribution in [0, 0.1) is 5.92 Å². The van der Waals surface area contributed by atoms with Gasteiger partial charge in [-0.3, -0.25) is 0 Å². The summed E-state index contributed by atoms with van der Waals surface area (Å²) in [6, 6.07) is 7.01. The summed E-state index contributed by atoms with van der Waals surface area (Å²) in [4.78, 5) is 0. The van der Waals surface area contributed by atoms with Crippen molar-refractivity contribution in [2.75, 3.05) is 20.3 Å². The van der Waals surface area contributed by atoms with Gasteiger partial charge in [0.2, 0.25) is 0 Å². The minimum atomic E-state index is 0.617. The predicted molar refractivity (Wildman–Crippen MR) is 80.6 cm³/mol. The minimum absolute atomic E-state index is 0.617. The molecule has 3 heteroatoms. The first-order valence-corrected chi connectivity index (χ1v) is 7.88. The van der Waals surface area contributed by atoms with Crippen LogP contribution in [0.4, 0.5) is 0 Å². The standard InChI is InChI=1S/C17H25NO2/c1-19-17-11-14(10-15-4-2-3-9-18-15)7-8-16(17)20-12-13-5-6-13/h7-8,11,13,15,18H,2-6,9-10,12H2,1H3. The third kappa shape index (κ3) is 3.66. The molecule has 20 heavy (non-hydrogen) atoms. The Balaban J connectivity index is 1.62. The summed E-state index contributed by atoms with van der Waals surface area (Å²) in [5.41, 5.74) is 1.33. The van der Waals surface area contributed by atoms with E-state index in [0.29, 0.717) is 6.04 Å². The van der Waals surface area contributed by atoms with Gasteiger partial charge in [-0.25, -0.2) is 0 Å². The van der Waals surface area contributed by atoms with E-state index in [0.717, 1.165) is 37.0 Å². The Morgan fingerprint density at radius 2 is 2.05 bits per heavy atom. The van der Waals surface area contributed by atoms with Crippen LogP contribution in [0.25, 0.3) is 0 Å². The third-order valence-electron chi connectivity index (χ3n) is 4.29. The van der Waals surface area contributed by atoms with E-state index in [9.17, 15) is 0 Å². The quantitative estimate of drug-likeness (QED) is 0.865. The van der Waals surface area contributed by atoms with Gasteiger partial charge in [-0.1, -0.05) is 12.5 Å². The SMILES string of the molecule is COc1cc(CC2CCCCN2)ccc1OCC1CC1. The first-order chi connectivity index (χ1) is 9.85. The van der Waals surface area contributed by atoms with Gasteiger partial charge in [0.15, 0.2) is 11.5 Å². The zero-order valence-corrected chi connectivity index (χ0v) is 12.4. The largest absolute Gasteiger partial charge is 0.493 e. The highest BCUT2D eigenvalue weighted by atomic mass is 16.5. The third-order valence-corrected chi connectivity index (χ3v) is 4.29. The van der Waals surface area contributed by atoms with Crippen LogP contribution in [0.15, 0.2) is 18.2 Å². The van der Waals surface area contributed by atoms with Crippen molar-refractivity contribution in [3.8, 4) is 11.5 Å². The summed E-state index contributed by atoms with van der Waals surface area (Å²) < 4.78 is 11.3. The molecule has 1 N–H and O–H groups in total. The van der Waals surface area contributed by atoms with Crippen molar-refractivity contribution in [3.05, 3.63) is 23.8 Å². The summed E-state index contributed by atoms with van der Waals surface area (Å²) in [7, 11) is 1.72. The van der Waals surface area contributed by atoms with Gasteiger partial charge in [-0.15, -0.1) is 0 Å². The summed E-state index contributed by atoms with van der Waals surface area (Å²) in [5, 5.41) is 3.60. The lowest BCUT2D eigenvalue weighted by atomic mass is 9.97. The Bertz CT molecular complexity index is 437. The number of ether oxygens (including phenoxy) is 2. The van der Waals surface area contributed by atoms with Crippen molar-refractivity contribution in [1.82, 2.24) is 5.32 Å². The van der Waals surface area contributed by atoms with Crippen molar-refractivity contribution in [1.29, 1.82) is 0 Å². The molecule has 0 spiro atoms. The molecule has 3 nitrogen and oxygen atoms in total. The number of methoxy groups -OCH3 is 1. The molecular weight excluding hydrogens is 250 g/mol. The molecule has 0 bridgehead atoms. The van der Waals surface area contributed by atoms with Crippen LogP contribution in [-0.2, 0) is 6.42 Å². The van der Waals surface area contributed by atoms with Gasteiger partial charge < -0.3 is 14.8 Å². The van der Waals surface area contributed by atoms with Crippen LogP contribution in [0.2, 0.25) is 0 Å². The average molecular weight is 275 g/mol. The van der Waals surface area contributed by atoms with Crippen molar-refractivity contribution in [3.63, 3.8) is 0 Å². The van der Waals surface area contributed by atoms with E-state index in [-0.39, 0.29) is 0 Å². The second-order valence-electron chi connectivity index (χ2n) is 6.09. The van der Waals surface area contributed by atoms with Crippen LogP contribution < -0.4 is 14.8 Å². The topological polar surface area (TPSA) is 30.5 Å². The van der Waals surface area contributed by atoms with Crippen LogP contribution >= 0.6 is 0 Å². The molecule has 1 atom stereocenters. The second-order valence-corrected chi connectivity index (χ2v) is 6.09. The summed E-state index contributed by atoms with van der Waals surface area (Å²) >= 11 is 0. The Hall–Kier alpha value is -1.22. The number of piperidine rings is 1. The van der Waals surface area contributed by atoms with Crippen LogP contribution in [0.5, 0.6) is 11.5 Å². The lowest BCUT2D eigenvalue weighted by molar-refractivity contribution is 0.280. The maximum Gasteiger partial charge on any atom is 0.161 e. The van der Waals surface area contributed by atoms with Gasteiger partial charge >= 0.3 is 0 Å². The lowest BCUT2D eigenvalue weighted by Crippen LogP contribution is -2.35. The smallest absolute Gasteiger partial charge is 0.161 e. The summed E-state index contributed by atoms with van der Waals surface area (Å²) in [6.45, 7) is 1.99. The van der Waals surface area contributed by atoms with Crippen molar-refractivity contribution in [2.45, 2.75) is 44.6 Å². The van der Waals surface area contributed by atoms with Gasteiger partial charge in [-0.2, -0.15) is 0 Å². The first-order valence-electron chi connectivity index (χ1n) is 7.88. The van der Waals surface area contributed by atoms with E-state index >= 15 is 0 Å². The highest BCUT2D eigenvalue weighted by Crippen LogP contribution is 2.33. The second kappa shape index (κ2) is 6.49. The van der Waals surface area contributed by atoms with Crippen LogP contribution in [-0.4, -0.2) is 26.3 Å². The van der Waals surface area contributed by atoms with E-state index < -0.39 is 0 Å². The molecule has 1 saturated carbocycles. The Morgan fingerprint density at radius 1 is 1.15 bits per heavy atom. The Morgan fingerprint density at radius 3 is 2.75 bits per heavy atom. The molecular formula is C17H25NO2. The van der Waals surface area contributed by atoms with Gasteiger partial charge in [-0.05, 0) is 62.3 Å². The van der Waals surface area contributed by atoms with Gasteiger partial charge in [0.05, 0.1) is 13.7 Å². The summed E-state index contributed by atoms with van der Waals surface area (Å²) in [6.07, 6.45) is 7.65. The zero-order chi connectivity index (χ0) is 13.8. The molecule has 1 unspecified atom stereocenters. The van der Waals surface area contributed by atoms with E-state index in [1.807, 2.05) is 0 Å². The minimum Gasteiger partial charge on any atom is -0.493 e. The molecule has 110 valence electrons. The van der Waals surface area contributed by atoms with Crippen LogP contribution in [0.3, 0.4) is 0 Å². The fourth-order valence-corrected chi connectivity index (χ4v) is 2.83. The molecule has 1 aliphatic carbocycles. The number of nitrogens with one attached hydrogen (secondary N) is 1. The molecule has 0 amide bonds. The lowest BCUT2D eigenvalue weighted by Gasteiger charge is -2.23. The fraction of sp³-hybridized carbons (Fsp3) is 0.647. The predicted octanol–water partition coefficient (Wildman–Crippen LogP) is 3.17. The Kier molecular flexibility index (Phi) is 4.46. The van der Waals surface area contributed by atoms with Crippen molar-refractivity contribution >= 4 is 0 Å². The molecule has 1 aromatic carbocycles. The molecule has 1 saturated heterocycles. The number of hydrogen-bond donors (Lipinski definition) is 1. The van der Waals surface area contributed by atoms with E-state index in [1.165, 1.54) is 37.7 Å². The maximum absolute atomic E-state index is 5.86. The number of hydrogen-bond acceptors (Lipinski definition) is 3. The van der Waals surface area contributed by atoms with Crippen molar-refractivity contribution < 1.29 is 9.47 Å². The highest BCUT2D eigenvalue weighted by Gasteiger charge is 2.22. The fourth-order valence-electron chi connectivity index (χ4n) is 2.83. The number of rotatable bonds is 6. The zero-order valence-electron chi connectivity index (χ0n) is 12.4. The van der Waals surface area contributed by atoms with Gasteiger partial charge in [0.25, 0.3) is 0 Å². The normalized spacial score (nSPS) is 22.6. The molecule has 2 fully saturated rings. The van der Waals surface area contributed by atoms with E-state index in [4.69, 9.17) is 9.47 Å². The number of benzene rings is 1.